The Kier molecular flexibility index (Phi) is 11.5. The quantitative estimate of drug-likeness (QED) is 0.141. The number of ether oxygens (including phenoxy) is 3. The van der Waals surface area contributed by atoms with E-state index in [9.17, 15) is 23.2 Å². The fourth-order valence-electron chi connectivity index (χ4n) is 5.58. The third-order valence-corrected chi connectivity index (χ3v) is 8.84. The van der Waals surface area contributed by atoms with Gasteiger partial charge in [-0.25, -0.2) is 18.0 Å². The molecule has 0 aliphatic carbocycles. The number of hydrogen-bond donors (Lipinski definition) is 0. The summed E-state index contributed by atoms with van der Waals surface area (Å²) in [5, 5.41) is 0.900. The summed E-state index contributed by atoms with van der Waals surface area (Å²) in [4.78, 5) is 40.9. The molecule has 2 heterocycles. The Bertz CT molecular complexity index is 1930. The van der Waals surface area contributed by atoms with Crippen molar-refractivity contribution >= 4 is 52.1 Å². The molecule has 5 rings (SSSR count). The largest absolute Gasteiger partial charge is 0.490 e. The summed E-state index contributed by atoms with van der Waals surface area (Å²) in [5.74, 6) is -1.06. The lowest BCUT2D eigenvalue weighted by Gasteiger charge is -2.31. The zero-order chi connectivity index (χ0) is 34.5. The second kappa shape index (κ2) is 15.6. The summed E-state index contributed by atoms with van der Waals surface area (Å²) in [7, 11) is 0. The van der Waals surface area contributed by atoms with Gasteiger partial charge in [-0.15, -0.1) is 0 Å². The monoisotopic (exact) mass is 727 g/mol. The highest BCUT2D eigenvalue weighted by Crippen LogP contribution is 2.38. The summed E-state index contributed by atoms with van der Waals surface area (Å²) < 4.78 is 61.0. The molecule has 0 bridgehead atoms. The first-order valence-electron chi connectivity index (χ1n) is 15.1. The van der Waals surface area contributed by atoms with E-state index >= 15 is 4.39 Å². The number of hydrogen-bond acceptors (Lipinski definition) is 6. The van der Waals surface area contributed by atoms with Crippen molar-refractivity contribution in [3.63, 3.8) is 0 Å². The van der Waals surface area contributed by atoms with E-state index in [1.54, 1.807) is 36.1 Å². The Morgan fingerprint density at radius 1 is 0.958 bits per heavy atom. The Balaban J connectivity index is 1.59. The second-order valence-electron chi connectivity index (χ2n) is 11.1. The van der Waals surface area contributed by atoms with E-state index in [1.165, 1.54) is 10.6 Å². The smallest absolute Gasteiger partial charge is 0.332 e. The topological polar surface area (TPSA) is 92.0 Å². The van der Waals surface area contributed by atoms with Crippen LogP contribution in [-0.4, -0.2) is 59.6 Å². The van der Waals surface area contributed by atoms with Crippen LogP contribution in [-0.2, 0) is 17.9 Å². The number of nitrogens with zero attached hydrogens (tertiary/aromatic N) is 3. The van der Waals surface area contributed by atoms with Crippen LogP contribution in [0.2, 0.25) is 15.1 Å². The summed E-state index contributed by atoms with van der Waals surface area (Å²) >= 11 is 18.9. The Morgan fingerprint density at radius 3 is 2.33 bits per heavy atom. The van der Waals surface area contributed by atoms with Gasteiger partial charge in [-0.3, -0.25) is 18.7 Å². The zero-order valence-corrected chi connectivity index (χ0v) is 28.0. The van der Waals surface area contributed by atoms with Gasteiger partial charge >= 0.3 is 5.69 Å². The first kappa shape index (κ1) is 35.4. The first-order chi connectivity index (χ1) is 23.1. The molecule has 0 unspecified atom stereocenters. The normalized spacial score (nSPS) is 13.7. The summed E-state index contributed by atoms with van der Waals surface area (Å²) in [6.07, 6.45) is -0.137. The molecule has 0 atom stereocenters. The summed E-state index contributed by atoms with van der Waals surface area (Å²) in [6, 6.07) is 9.60. The number of benzene rings is 3. The van der Waals surface area contributed by atoms with Gasteiger partial charge in [0.05, 0.1) is 29.1 Å². The lowest BCUT2D eigenvalue weighted by molar-refractivity contribution is -0.119. The van der Waals surface area contributed by atoms with Crippen molar-refractivity contribution in [2.45, 2.75) is 45.1 Å². The maximum absolute atomic E-state index is 15.2. The molecule has 1 aliphatic rings. The van der Waals surface area contributed by atoms with Crippen LogP contribution in [0.5, 0.6) is 17.2 Å². The first-order valence-corrected chi connectivity index (χ1v) is 16.2. The van der Waals surface area contributed by atoms with Gasteiger partial charge in [-0.05, 0) is 55.7 Å². The third-order valence-electron chi connectivity index (χ3n) is 7.97. The van der Waals surface area contributed by atoms with Crippen LogP contribution in [0.15, 0.2) is 52.1 Å². The van der Waals surface area contributed by atoms with Crippen molar-refractivity contribution in [3.05, 3.63) is 95.3 Å². The number of carbonyl (C=O) groups excluding carboxylic acids is 1. The molecule has 1 aliphatic heterocycles. The van der Waals surface area contributed by atoms with Crippen LogP contribution < -0.4 is 25.5 Å². The molecular weight excluding hydrogens is 698 g/mol. The van der Waals surface area contributed by atoms with Crippen molar-refractivity contribution in [2.24, 2.45) is 0 Å². The van der Waals surface area contributed by atoms with Crippen molar-refractivity contribution < 1.29 is 32.2 Å². The van der Waals surface area contributed by atoms with Gasteiger partial charge in [-0.1, -0.05) is 40.9 Å². The van der Waals surface area contributed by atoms with Gasteiger partial charge in [0, 0.05) is 40.8 Å². The predicted octanol–water partition coefficient (Wildman–Crippen LogP) is 6.77. The van der Waals surface area contributed by atoms with E-state index in [0.29, 0.717) is 53.5 Å². The molecular formula is C33H31Cl3F3N3O6. The Morgan fingerprint density at radius 2 is 1.69 bits per heavy atom. The second-order valence-corrected chi connectivity index (χ2v) is 12.4. The van der Waals surface area contributed by atoms with E-state index < -0.39 is 48.3 Å². The Hall–Kier alpha value is -3.87. The average molecular weight is 729 g/mol. The summed E-state index contributed by atoms with van der Waals surface area (Å²) in [6.45, 7) is 0.0235. The molecule has 1 amide bonds. The van der Waals surface area contributed by atoms with Crippen molar-refractivity contribution in [3.8, 4) is 17.2 Å². The number of carbonyl (C=O) groups is 1. The average Bonchev–Trinajstić information content (AvgIpc) is 3.07. The SMILES string of the molecule is CCOc1cc(Cn2c(=O)c3cc(OC(CF)CF)c(F)cc3n(C3CCN(C=O)CC3)c2=O)cc(Cl)c1OCc1ccc(Cl)cc1Cl. The van der Waals surface area contributed by atoms with Crippen molar-refractivity contribution in [2.75, 3.05) is 33.0 Å². The van der Waals surface area contributed by atoms with Crippen molar-refractivity contribution in [1.29, 1.82) is 0 Å². The van der Waals surface area contributed by atoms with E-state index in [4.69, 9.17) is 49.0 Å². The van der Waals surface area contributed by atoms with Gasteiger partial charge in [0.2, 0.25) is 6.41 Å². The molecule has 0 spiro atoms. The molecule has 1 fully saturated rings. The molecule has 9 nitrogen and oxygen atoms in total. The van der Waals surface area contributed by atoms with Crippen molar-refractivity contribution in [1.82, 2.24) is 14.0 Å². The lowest BCUT2D eigenvalue weighted by atomic mass is 10.0. The fraction of sp³-hybridized carbons (Fsp3) is 0.364. The molecule has 48 heavy (non-hydrogen) atoms. The highest BCUT2D eigenvalue weighted by molar-refractivity contribution is 6.35. The van der Waals surface area contributed by atoms with E-state index in [0.717, 1.165) is 16.7 Å². The number of halogens is 6. The lowest BCUT2D eigenvalue weighted by Crippen LogP contribution is -2.44. The minimum atomic E-state index is -1.58. The number of fused-ring (bicyclic) bond motifs is 1. The van der Waals surface area contributed by atoms with Gasteiger partial charge in [-0.2, -0.15) is 0 Å². The highest BCUT2D eigenvalue weighted by Gasteiger charge is 2.27. The number of alkyl halides is 2. The molecule has 1 aromatic heterocycles. The minimum Gasteiger partial charge on any atom is -0.490 e. The molecule has 4 aromatic rings. The number of aromatic nitrogens is 2. The molecule has 0 saturated carbocycles. The molecule has 15 heteroatoms. The minimum absolute atomic E-state index is 0.00894. The number of piperidine rings is 1. The molecule has 0 radical (unpaired) electrons. The van der Waals surface area contributed by atoms with Gasteiger partial charge in [0.25, 0.3) is 5.56 Å². The maximum atomic E-state index is 15.2. The standard InChI is InChI=1S/C33H31Cl3F3N3O6/c1-2-46-30-10-19(9-26(36)31(30)47-17-20-3-4-21(34)11-25(20)35)16-41-32(44)24-12-29(48-23(14-37)15-38)27(39)13-28(24)42(33(41)45)22-5-7-40(18-43)8-6-22/h3-4,9-13,18,22-23H,2,5-8,14-17H2,1H3. The van der Waals surface area contributed by atoms with Gasteiger partial charge in [0.1, 0.15) is 20.0 Å². The molecule has 0 N–H and O–H groups in total. The summed E-state index contributed by atoms with van der Waals surface area (Å²) in [5.41, 5.74) is -0.456. The predicted molar refractivity (Wildman–Crippen MR) is 177 cm³/mol. The van der Waals surface area contributed by atoms with Gasteiger partial charge < -0.3 is 19.1 Å². The molecule has 1 saturated heterocycles. The maximum Gasteiger partial charge on any atom is 0.332 e. The van der Waals surface area contributed by atoms with E-state index in [-0.39, 0.29) is 47.2 Å². The van der Waals surface area contributed by atoms with Gasteiger partial charge in [0.15, 0.2) is 29.2 Å². The number of amides is 1. The Labute approximate surface area is 288 Å². The zero-order valence-electron chi connectivity index (χ0n) is 25.7. The molecule has 3 aromatic carbocycles. The van der Waals surface area contributed by atoms with Crippen LogP contribution in [0.4, 0.5) is 13.2 Å². The van der Waals surface area contributed by atoms with Crippen LogP contribution in [0.3, 0.4) is 0 Å². The van der Waals surface area contributed by atoms with E-state index in [1.807, 2.05) is 0 Å². The highest BCUT2D eigenvalue weighted by atomic mass is 35.5. The number of likely N-dealkylation sites (tertiary alicyclic amines) is 1. The van der Waals surface area contributed by atoms with Crippen LogP contribution in [0.1, 0.15) is 36.9 Å². The van der Waals surface area contributed by atoms with Crippen LogP contribution in [0.25, 0.3) is 10.9 Å². The number of rotatable bonds is 13. The third kappa shape index (κ3) is 7.55. The van der Waals surface area contributed by atoms with Crippen LogP contribution in [0, 0.1) is 5.82 Å². The molecule has 256 valence electrons. The van der Waals surface area contributed by atoms with Crippen LogP contribution >= 0.6 is 34.8 Å². The van der Waals surface area contributed by atoms with E-state index in [2.05, 4.69) is 0 Å². The fourth-order valence-corrected chi connectivity index (χ4v) is 6.33.